The number of pyridine rings is 2. The summed E-state index contributed by atoms with van der Waals surface area (Å²) in [6.45, 7) is 3.81. The third-order valence-corrected chi connectivity index (χ3v) is 7.32. The summed E-state index contributed by atoms with van der Waals surface area (Å²) in [5, 5.41) is 4.49. The van der Waals surface area contributed by atoms with Crippen molar-refractivity contribution in [2.45, 2.75) is 18.9 Å². The van der Waals surface area contributed by atoms with Crippen molar-refractivity contribution in [1.29, 1.82) is 0 Å². The SMILES string of the molecule is C#Cc1c(F)ccc2cc(=O)[nH]c(-c3ncc4c(N(C)C[C@H]5CCCN5)nc(N5CCOCC5)nc4c3F)c12. The van der Waals surface area contributed by atoms with Crippen molar-refractivity contribution in [3.8, 4) is 23.7 Å². The minimum absolute atomic E-state index is 0.000875. The summed E-state index contributed by atoms with van der Waals surface area (Å²) >= 11 is 0. The van der Waals surface area contributed by atoms with Crippen LogP contribution in [0.25, 0.3) is 33.1 Å². The molecule has 1 atom stereocenters. The van der Waals surface area contributed by atoms with Gasteiger partial charge in [0.25, 0.3) is 0 Å². The molecule has 11 heteroatoms. The molecule has 2 aliphatic heterocycles. The number of anilines is 2. The van der Waals surface area contributed by atoms with Crippen LogP contribution in [-0.4, -0.2) is 72.4 Å². The zero-order valence-corrected chi connectivity index (χ0v) is 21.4. The van der Waals surface area contributed by atoms with E-state index in [4.69, 9.17) is 16.1 Å². The predicted octanol–water partition coefficient (Wildman–Crippen LogP) is 2.82. The van der Waals surface area contributed by atoms with Crippen molar-refractivity contribution < 1.29 is 13.5 Å². The van der Waals surface area contributed by atoms with Crippen LogP contribution in [-0.2, 0) is 4.74 Å². The molecule has 0 bridgehead atoms. The second kappa shape index (κ2) is 10.2. The highest BCUT2D eigenvalue weighted by molar-refractivity contribution is 6.00. The van der Waals surface area contributed by atoms with Crippen LogP contribution < -0.4 is 20.7 Å². The molecule has 200 valence electrons. The minimum Gasteiger partial charge on any atom is -0.378 e. The topological polar surface area (TPSA) is 99.3 Å². The average Bonchev–Trinajstić information content (AvgIpc) is 3.46. The Hall–Kier alpha value is -4.14. The molecular formula is C28H27F2N7O2. The third kappa shape index (κ3) is 4.56. The number of halogens is 2. The summed E-state index contributed by atoms with van der Waals surface area (Å²) in [5.41, 5.74) is -0.698. The van der Waals surface area contributed by atoms with Crippen LogP contribution >= 0.6 is 0 Å². The van der Waals surface area contributed by atoms with Crippen LogP contribution in [0.15, 0.2) is 29.2 Å². The molecule has 6 rings (SSSR count). The van der Waals surface area contributed by atoms with Gasteiger partial charge < -0.3 is 24.8 Å². The first-order valence-electron chi connectivity index (χ1n) is 12.9. The number of aromatic amines is 1. The molecule has 1 aromatic carbocycles. The van der Waals surface area contributed by atoms with E-state index in [1.54, 1.807) is 0 Å². The van der Waals surface area contributed by atoms with Gasteiger partial charge in [-0.2, -0.15) is 4.98 Å². The quantitative estimate of drug-likeness (QED) is 0.380. The molecule has 39 heavy (non-hydrogen) atoms. The van der Waals surface area contributed by atoms with E-state index in [1.807, 2.05) is 16.8 Å². The molecule has 0 amide bonds. The van der Waals surface area contributed by atoms with Crippen molar-refractivity contribution in [3.05, 3.63) is 51.9 Å². The highest BCUT2D eigenvalue weighted by Gasteiger charge is 2.25. The van der Waals surface area contributed by atoms with Gasteiger partial charge in [-0.25, -0.2) is 13.8 Å². The van der Waals surface area contributed by atoms with Crippen LogP contribution in [0.5, 0.6) is 0 Å². The van der Waals surface area contributed by atoms with Gasteiger partial charge >= 0.3 is 0 Å². The second-order valence-corrected chi connectivity index (χ2v) is 9.84. The number of morpholine rings is 1. The number of hydrogen-bond acceptors (Lipinski definition) is 8. The summed E-state index contributed by atoms with van der Waals surface area (Å²) in [6.07, 6.45) is 9.25. The van der Waals surface area contributed by atoms with E-state index in [2.05, 4.69) is 26.2 Å². The maximum atomic E-state index is 16.5. The number of hydrogen-bond donors (Lipinski definition) is 2. The van der Waals surface area contributed by atoms with Gasteiger partial charge in [0, 0.05) is 50.4 Å². The van der Waals surface area contributed by atoms with Crippen LogP contribution in [0.4, 0.5) is 20.5 Å². The summed E-state index contributed by atoms with van der Waals surface area (Å²) in [7, 11) is 1.92. The van der Waals surface area contributed by atoms with E-state index < -0.39 is 17.2 Å². The molecule has 4 aromatic rings. The molecule has 9 nitrogen and oxygen atoms in total. The van der Waals surface area contributed by atoms with Gasteiger partial charge in [-0.05, 0) is 30.8 Å². The molecule has 2 saturated heterocycles. The maximum absolute atomic E-state index is 16.5. The Morgan fingerprint density at radius 2 is 2.08 bits per heavy atom. The fourth-order valence-electron chi connectivity index (χ4n) is 5.39. The molecule has 3 aromatic heterocycles. The lowest BCUT2D eigenvalue weighted by Crippen LogP contribution is -2.38. The largest absolute Gasteiger partial charge is 0.378 e. The van der Waals surface area contributed by atoms with E-state index in [0.29, 0.717) is 61.4 Å². The van der Waals surface area contributed by atoms with Gasteiger partial charge in [0.1, 0.15) is 22.8 Å². The number of rotatable bonds is 5. The van der Waals surface area contributed by atoms with Crippen molar-refractivity contribution in [3.63, 3.8) is 0 Å². The molecule has 2 N–H and O–H groups in total. The highest BCUT2D eigenvalue weighted by Crippen LogP contribution is 2.35. The monoisotopic (exact) mass is 531 g/mol. The molecular weight excluding hydrogens is 504 g/mol. The minimum atomic E-state index is -0.756. The Kier molecular flexibility index (Phi) is 6.58. The fourth-order valence-corrected chi connectivity index (χ4v) is 5.39. The number of aromatic nitrogens is 4. The summed E-state index contributed by atoms with van der Waals surface area (Å²) < 4.78 is 36.6. The van der Waals surface area contributed by atoms with Crippen molar-refractivity contribution in [1.82, 2.24) is 25.3 Å². The lowest BCUT2D eigenvalue weighted by molar-refractivity contribution is 0.122. The van der Waals surface area contributed by atoms with Gasteiger partial charge in [-0.1, -0.05) is 12.0 Å². The normalized spacial score (nSPS) is 17.6. The first-order chi connectivity index (χ1) is 18.9. The first-order valence-corrected chi connectivity index (χ1v) is 12.9. The van der Waals surface area contributed by atoms with Crippen LogP contribution in [0.3, 0.4) is 0 Å². The average molecular weight is 532 g/mol. The number of benzene rings is 1. The summed E-state index contributed by atoms with van der Waals surface area (Å²) in [4.78, 5) is 32.9. The van der Waals surface area contributed by atoms with Gasteiger partial charge in [-0.15, -0.1) is 6.42 Å². The molecule has 0 unspecified atom stereocenters. The van der Waals surface area contributed by atoms with Crippen LogP contribution in [0.2, 0.25) is 0 Å². The number of terminal acetylenes is 1. The first kappa shape index (κ1) is 25.2. The van der Waals surface area contributed by atoms with Crippen molar-refractivity contribution >= 4 is 33.4 Å². The number of H-pyrrole nitrogens is 1. The summed E-state index contributed by atoms with van der Waals surface area (Å²) in [6, 6.07) is 4.21. The van der Waals surface area contributed by atoms with E-state index in [9.17, 15) is 9.18 Å². The highest BCUT2D eigenvalue weighted by atomic mass is 19.1. The van der Waals surface area contributed by atoms with E-state index in [1.165, 1.54) is 24.4 Å². The van der Waals surface area contributed by atoms with Gasteiger partial charge in [0.15, 0.2) is 5.82 Å². The molecule has 2 aliphatic rings. The molecule has 2 fully saturated rings. The number of likely N-dealkylation sites (N-methyl/N-ethyl adjacent to an activating group) is 1. The number of nitrogens with one attached hydrogen (secondary N) is 2. The van der Waals surface area contributed by atoms with Crippen molar-refractivity contribution in [2.75, 3.05) is 56.2 Å². The van der Waals surface area contributed by atoms with E-state index in [-0.39, 0.29) is 27.9 Å². The maximum Gasteiger partial charge on any atom is 0.249 e. The Bertz CT molecular complexity index is 1670. The third-order valence-electron chi connectivity index (χ3n) is 7.32. The number of fused-ring (bicyclic) bond motifs is 2. The van der Waals surface area contributed by atoms with Gasteiger partial charge in [0.05, 0.1) is 29.9 Å². The Balaban J connectivity index is 1.57. The molecule has 0 spiro atoms. The molecule has 0 radical (unpaired) electrons. The predicted molar refractivity (Wildman–Crippen MR) is 146 cm³/mol. The van der Waals surface area contributed by atoms with Gasteiger partial charge in [0.2, 0.25) is 11.5 Å². The Labute approximate surface area is 223 Å². The van der Waals surface area contributed by atoms with Crippen LogP contribution in [0.1, 0.15) is 18.4 Å². The zero-order valence-electron chi connectivity index (χ0n) is 21.4. The zero-order chi connectivity index (χ0) is 27.1. The van der Waals surface area contributed by atoms with Gasteiger partial charge in [-0.3, -0.25) is 9.78 Å². The summed E-state index contributed by atoms with van der Waals surface area (Å²) in [5.74, 6) is 1.85. The number of ether oxygens (including phenoxy) is 1. The Morgan fingerprint density at radius 3 is 2.82 bits per heavy atom. The lowest BCUT2D eigenvalue weighted by Gasteiger charge is -2.29. The van der Waals surface area contributed by atoms with E-state index >= 15 is 4.39 Å². The molecule has 0 aliphatic carbocycles. The van der Waals surface area contributed by atoms with Crippen molar-refractivity contribution in [2.24, 2.45) is 0 Å². The number of nitrogens with zero attached hydrogens (tertiary/aromatic N) is 5. The van der Waals surface area contributed by atoms with Crippen LogP contribution in [0, 0.1) is 24.0 Å². The fraction of sp³-hybridized carbons (Fsp3) is 0.357. The smallest absolute Gasteiger partial charge is 0.249 e. The standard InChI is InChI=1S/C28H27F2N7O2/c1-3-18-20(29)7-6-16-13-21(38)33-25(22(16)18)26-23(30)24-19(14-32-26)27(36(2)15-17-5-4-8-31-17)35-28(34-24)37-9-11-39-12-10-37/h1,6-7,13-14,17,31H,4-5,8-12,15H2,2H3,(H,33,38)/t17-/m1/s1. The Morgan fingerprint density at radius 1 is 1.26 bits per heavy atom. The lowest BCUT2D eigenvalue weighted by atomic mass is 10.0. The molecule has 0 saturated carbocycles. The molecule has 5 heterocycles. The van der Waals surface area contributed by atoms with E-state index in [0.717, 1.165) is 19.4 Å². The second-order valence-electron chi connectivity index (χ2n) is 9.84.